The van der Waals surface area contributed by atoms with Gasteiger partial charge in [0.2, 0.25) is 6.79 Å². The van der Waals surface area contributed by atoms with Crippen molar-refractivity contribution in [2.75, 3.05) is 12.5 Å². The summed E-state index contributed by atoms with van der Waals surface area (Å²) >= 11 is 11.2. The number of anilines is 1. The van der Waals surface area contributed by atoms with Crippen LogP contribution < -0.4 is 15.2 Å². The summed E-state index contributed by atoms with van der Waals surface area (Å²) in [7, 11) is 0. The zero-order chi connectivity index (χ0) is 22.6. The van der Waals surface area contributed by atoms with Crippen LogP contribution in [0.3, 0.4) is 0 Å². The second-order valence-corrected chi connectivity index (χ2v) is 10.6. The minimum Gasteiger partial charge on any atom is -0.454 e. The summed E-state index contributed by atoms with van der Waals surface area (Å²) in [5, 5.41) is 1.35. The Kier molecular flexibility index (Phi) is 5.15. The molecule has 7 nitrogen and oxygen atoms in total. The highest BCUT2D eigenvalue weighted by molar-refractivity contribution is 9.10. The van der Waals surface area contributed by atoms with E-state index in [0.717, 1.165) is 45.4 Å². The molecule has 3 heterocycles. The summed E-state index contributed by atoms with van der Waals surface area (Å²) < 4.78 is 13.9. The number of ether oxygens (including phenoxy) is 2. The number of hydrogen-bond acceptors (Lipinski definition) is 7. The van der Waals surface area contributed by atoms with Gasteiger partial charge >= 0.3 is 0 Å². The molecule has 0 amide bonds. The zero-order valence-electron chi connectivity index (χ0n) is 17.4. The van der Waals surface area contributed by atoms with E-state index in [0.29, 0.717) is 22.4 Å². The van der Waals surface area contributed by atoms with Gasteiger partial charge in [0.1, 0.15) is 0 Å². The van der Waals surface area contributed by atoms with Crippen LogP contribution in [0, 0.1) is 0 Å². The van der Waals surface area contributed by atoms with Crippen molar-refractivity contribution >= 4 is 45.1 Å². The Morgan fingerprint density at radius 1 is 1.12 bits per heavy atom. The van der Waals surface area contributed by atoms with Gasteiger partial charge in [-0.25, -0.2) is 15.0 Å². The van der Waals surface area contributed by atoms with E-state index >= 15 is 0 Å². The number of nitrogens with zero attached hydrogens (tertiary/aromatic N) is 4. The van der Waals surface area contributed by atoms with Crippen LogP contribution in [0.2, 0.25) is 5.02 Å². The number of benzene rings is 2. The van der Waals surface area contributed by atoms with Crippen LogP contribution in [0.4, 0.5) is 5.82 Å². The molecule has 10 heteroatoms. The third kappa shape index (κ3) is 3.72. The van der Waals surface area contributed by atoms with E-state index < -0.39 is 0 Å². The predicted molar refractivity (Wildman–Crippen MR) is 130 cm³/mol. The van der Waals surface area contributed by atoms with E-state index in [2.05, 4.69) is 37.6 Å². The summed E-state index contributed by atoms with van der Waals surface area (Å²) in [5.41, 5.74) is 8.11. The van der Waals surface area contributed by atoms with E-state index in [-0.39, 0.29) is 12.2 Å². The van der Waals surface area contributed by atoms with Crippen LogP contribution in [0.1, 0.15) is 24.8 Å². The van der Waals surface area contributed by atoms with Crippen molar-refractivity contribution in [2.45, 2.75) is 41.3 Å². The van der Waals surface area contributed by atoms with Crippen LogP contribution in [0.25, 0.3) is 11.5 Å². The molecule has 0 saturated heterocycles. The highest BCUT2D eigenvalue weighted by atomic mass is 79.9. The first-order chi connectivity index (χ1) is 16.0. The summed E-state index contributed by atoms with van der Waals surface area (Å²) in [6.45, 7) is 0.985. The number of imidazole rings is 1. The molecule has 3 aliphatic heterocycles. The Hall–Kier alpha value is -2.49. The standard InChI is InChI=1S/C23H19BrClN5O2S/c24-15-8-16-17(32-12-31-16)9-18(15)33-22-28-19-20(26)27-11-30(21(19)29-22)10-23(6-1-7-23)13-2-4-14(25)5-3-13/h2-5,8-9,11H,1,6-7,10,12,26H2. The molecule has 2 aromatic rings. The van der Waals surface area contributed by atoms with Crippen molar-refractivity contribution in [2.24, 2.45) is 0 Å². The van der Waals surface area contributed by atoms with Crippen molar-refractivity contribution in [1.82, 2.24) is 19.5 Å². The largest absolute Gasteiger partial charge is 0.454 e. The molecule has 2 aromatic carbocycles. The van der Waals surface area contributed by atoms with Crippen LogP contribution in [-0.2, 0) is 12.0 Å². The lowest BCUT2D eigenvalue weighted by Gasteiger charge is -2.43. The van der Waals surface area contributed by atoms with Gasteiger partial charge in [0.05, 0.1) is 6.33 Å². The van der Waals surface area contributed by atoms with Gasteiger partial charge in [0.25, 0.3) is 0 Å². The third-order valence-electron chi connectivity index (χ3n) is 6.34. The molecule has 1 saturated carbocycles. The van der Waals surface area contributed by atoms with Gasteiger partial charge in [-0.3, -0.25) is 0 Å². The van der Waals surface area contributed by atoms with Gasteiger partial charge in [0, 0.05) is 26.4 Å². The highest BCUT2D eigenvalue weighted by Gasteiger charge is 2.40. The number of aromatic nitrogens is 4. The zero-order valence-corrected chi connectivity index (χ0v) is 20.6. The van der Waals surface area contributed by atoms with Crippen molar-refractivity contribution in [3.05, 3.63) is 57.8 Å². The summed E-state index contributed by atoms with van der Waals surface area (Å²) in [4.78, 5) is 14.9. The van der Waals surface area contributed by atoms with Crippen LogP contribution in [0.15, 0.2) is 57.3 Å². The lowest BCUT2D eigenvalue weighted by atomic mass is 9.64. The van der Waals surface area contributed by atoms with Gasteiger partial charge in [0.15, 0.2) is 34.0 Å². The van der Waals surface area contributed by atoms with Gasteiger partial charge in [-0.15, -0.1) is 0 Å². The lowest BCUT2D eigenvalue weighted by molar-refractivity contribution is 0.174. The first kappa shape index (κ1) is 21.1. The smallest absolute Gasteiger partial charge is 0.231 e. The average molecular weight is 545 g/mol. The molecule has 6 rings (SSSR count). The Labute approximate surface area is 208 Å². The molecular formula is C23H19BrClN5O2S. The van der Waals surface area contributed by atoms with E-state index in [9.17, 15) is 0 Å². The predicted octanol–water partition coefficient (Wildman–Crippen LogP) is 5.78. The van der Waals surface area contributed by atoms with E-state index in [1.54, 1.807) is 6.33 Å². The summed E-state index contributed by atoms with van der Waals surface area (Å²) in [6.07, 6.45) is 5.18. The quantitative estimate of drug-likeness (QED) is 0.341. The maximum Gasteiger partial charge on any atom is 0.231 e. The fourth-order valence-corrected chi connectivity index (χ4v) is 5.92. The van der Waals surface area contributed by atoms with Gasteiger partial charge < -0.3 is 19.8 Å². The Morgan fingerprint density at radius 2 is 1.88 bits per heavy atom. The van der Waals surface area contributed by atoms with Crippen molar-refractivity contribution < 1.29 is 9.47 Å². The van der Waals surface area contributed by atoms with E-state index in [1.807, 2.05) is 24.3 Å². The molecule has 0 aromatic heterocycles. The number of nitrogens with two attached hydrogens (primary N) is 1. The summed E-state index contributed by atoms with van der Waals surface area (Å²) in [6, 6.07) is 12.0. The number of fused-ring (bicyclic) bond motifs is 2. The number of hydrogen-bond donors (Lipinski definition) is 1. The normalized spacial score (nSPS) is 16.2. The third-order valence-corrected chi connectivity index (χ3v) is 8.43. The Morgan fingerprint density at radius 3 is 2.61 bits per heavy atom. The van der Waals surface area contributed by atoms with Crippen LogP contribution >= 0.6 is 39.3 Å². The number of rotatable bonds is 5. The molecule has 0 unspecified atom stereocenters. The molecule has 1 fully saturated rings. The highest BCUT2D eigenvalue weighted by Crippen LogP contribution is 2.47. The second-order valence-electron chi connectivity index (χ2n) is 8.31. The fraction of sp³-hybridized carbons (Fsp3) is 0.261. The van der Waals surface area contributed by atoms with Crippen molar-refractivity contribution in [3.63, 3.8) is 0 Å². The summed E-state index contributed by atoms with van der Waals surface area (Å²) in [5.74, 6) is 2.55. The molecular weight excluding hydrogens is 526 g/mol. The monoisotopic (exact) mass is 543 g/mol. The van der Waals surface area contributed by atoms with E-state index in [4.69, 9.17) is 36.8 Å². The maximum absolute atomic E-state index is 6.18. The molecule has 0 atom stereocenters. The molecule has 2 N–H and O–H groups in total. The molecule has 33 heavy (non-hydrogen) atoms. The first-order valence-electron chi connectivity index (χ1n) is 10.5. The van der Waals surface area contributed by atoms with Crippen molar-refractivity contribution in [1.29, 1.82) is 0 Å². The first-order valence-corrected chi connectivity index (χ1v) is 12.5. The minimum absolute atomic E-state index is 0.0343. The number of nitrogen functional groups attached to an aromatic ring is 1. The molecule has 1 aliphatic carbocycles. The fourth-order valence-electron chi connectivity index (χ4n) is 4.44. The molecule has 0 bridgehead atoms. The van der Waals surface area contributed by atoms with Crippen LogP contribution in [0.5, 0.6) is 11.5 Å². The van der Waals surface area contributed by atoms with Gasteiger partial charge in [-0.1, -0.05) is 30.2 Å². The molecule has 168 valence electrons. The lowest BCUT2D eigenvalue weighted by Crippen LogP contribution is -2.39. The van der Waals surface area contributed by atoms with Crippen LogP contribution in [-0.4, -0.2) is 26.3 Å². The average Bonchev–Trinajstić information content (AvgIpc) is 3.40. The maximum atomic E-state index is 6.18. The molecule has 0 radical (unpaired) electrons. The topological polar surface area (TPSA) is 88.1 Å². The second kappa shape index (κ2) is 8.07. The number of halogens is 2. The van der Waals surface area contributed by atoms with Crippen molar-refractivity contribution in [3.8, 4) is 23.0 Å². The van der Waals surface area contributed by atoms with Gasteiger partial charge in [-0.05, 0) is 70.4 Å². The Bertz CT molecular complexity index is 1330. The minimum atomic E-state index is 0.0343. The van der Waals surface area contributed by atoms with Gasteiger partial charge in [-0.2, -0.15) is 0 Å². The van der Waals surface area contributed by atoms with E-state index in [1.165, 1.54) is 23.7 Å². The molecule has 4 aliphatic rings. The SMILES string of the molecule is Nc1ncn(CC2(c3ccc(Cl)cc3)CCC2)c2nc(Sc3cc4c(cc3Br)OCO4)nc1-2. The Balaban J connectivity index is 1.34. The molecule has 0 spiro atoms.